The molecule has 0 aliphatic heterocycles. The second kappa shape index (κ2) is 5.42. The quantitative estimate of drug-likeness (QED) is 0.642. The number of hydrogen-bond donors (Lipinski definition) is 0. The van der Waals surface area contributed by atoms with E-state index in [0.717, 1.165) is 24.3 Å². The molecule has 0 fully saturated rings. The van der Waals surface area contributed by atoms with Crippen molar-refractivity contribution in [2.75, 3.05) is 0 Å². The lowest BCUT2D eigenvalue weighted by molar-refractivity contribution is 0.101. The highest BCUT2D eigenvalue weighted by Crippen LogP contribution is 2.19. The predicted molar refractivity (Wildman–Crippen MR) is 70.7 cm³/mol. The minimum absolute atomic E-state index is 0.0827. The monoisotopic (exact) mass is 294 g/mol. The molecular formula is C14H11FO4S. The number of carbonyl (C=O) groups is 1. The average Bonchev–Trinajstić information content (AvgIpc) is 2.39. The molecule has 0 saturated heterocycles. The fourth-order valence-corrected chi connectivity index (χ4v) is 2.45. The standard InChI is InChI=1S/C14H11FO4S/c1-10(16)11-2-6-13(7-3-11)19-20(17,18)14-8-4-12(15)5-9-14/h2-9H,1H3. The molecule has 6 heteroatoms. The molecule has 0 aliphatic rings. The van der Waals surface area contributed by atoms with Crippen LogP contribution in [0.15, 0.2) is 53.4 Å². The van der Waals surface area contributed by atoms with Crippen LogP contribution in [0.3, 0.4) is 0 Å². The van der Waals surface area contributed by atoms with Crippen molar-refractivity contribution in [1.82, 2.24) is 0 Å². The van der Waals surface area contributed by atoms with Gasteiger partial charge in [-0.3, -0.25) is 4.79 Å². The van der Waals surface area contributed by atoms with Gasteiger partial charge in [0.25, 0.3) is 0 Å². The Morgan fingerprint density at radius 3 is 2.05 bits per heavy atom. The summed E-state index contributed by atoms with van der Waals surface area (Å²) < 4.78 is 41.5. The van der Waals surface area contributed by atoms with Crippen LogP contribution >= 0.6 is 0 Å². The van der Waals surface area contributed by atoms with Crippen molar-refractivity contribution in [3.05, 3.63) is 59.9 Å². The minimum atomic E-state index is -4.01. The summed E-state index contributed by atoms with van der Waals surface area (Å²) in [5, 5.41) is 0. The number of hydrogen-bond acceptors (Lipinski definition) is 4. The largest absolute Gasteiger partial charge is 0.379 e. The van der Waals surface area contributed by atoms with E-state index in [1.54, 1.807) is 0 Å². The molecule has 0 N–H and O–H groups in total. The van der Waals surface area contributed by atoms with Gasteiger partial charge in [0.15, 0.2) is 5.78 Å². The summed E-state index contributed by atoms with van der Waals surface area (Å²) in [5.41, 5.74) is 0.455. The number of carbonyl (C=O) groups excluding carboxylic acids is 1. The van der Waals surface area contributed by atoms with Crippen LogP contribution < -0.4 is 4.18 Å². The highest BCUT2D eigenvalue weighted by molar-refractivity contribution is 7.87. The van der Waals surface area contributed by atoms with Crippen molar-refractivity contribution < 1.29 is 21.8 Å². The van der Waals surface area contributed by atoms with E-state index in [1.807, 2.05) is 0 Å². The molecule has 104 valence electrons. The van der Waals surface area contributed by atoms with Gasteiger partial charge >= 0.3 is 10.1 Å². The molecule has 0 aromatic heterocycles. The fourth-order valence-electron chi connectivity index (χ4n) is 1.52. The number of Topliss-reactive ketones (excluding diaryl/α,β-unsaturated/α-hetero) is 1. The van der Waals surface area contributed by atoms with Crippen LogP contribution in [0.4, 0.5) is 4.39 Å². The summed E-state index contributed by atoms with van der Waals surface area (Å²) in [5.74, 6) is -0.577. The summed E-state index contributed by atoms with van der Waals surface area (Å²) in [4.78, 5) is 11.0. The summed E-state index contributed by atoms with van der Waals surface area (Å²) in [6.45, 7) is 1.41. The van der Waals surface area contributed by atoms with Gasteiger partial charge in [-0.05, 0) is 55.5 Å². The van der Waals surface area contributed by atoms with Gasteiger partial charge < -0.3 is 4.18 Å². The molecule has 0 spiro atoms. The predicted octanol–water partition coefficient (Wildman–Crippen LogP) is 2.80. The zero-order valence-corrected chi connectivity index (χ0v) is 11.4. The van der Waals surface area contributed by atoms with Gasteiger partial charge in [-0.2, -0.15) is 8.42 Å². The zero-order valence-electron chi connectivity index (χ0n) is 10.5. The van der Waals surface area contributed by atoms with Crippen molar-refractivity contribution in [1.29, 1.82) is 0 Å². The third kappa shape index (κ3) is 3.21. The zero-order chi connectivity index (χ0) is 14.8. The maximum atomic E-state index is 12.8. The van der Waals surface area contributed by atoms with Crippen molar-refractivity contribution >= 4 is 15.9 Å². The van der Waals surface area contributed by atoms with Gasteiger partial charge in [-0.25, -0.2) is 4.39 Å². The van der Waals surface area contributed by atoms with Gasteiger partial charge in [0.05, 0.1) is 0 Å². The van der Waals surface area contributed by atoms with E-state index in [4.69, 9.17) is 4.18 Å². The first kappa shape index (κ1) is 14.2. The first-order valence-corrected chi connectivity index (χ1v) is 7.10. The Kier molecular flexibility index (Phi) is 3.85. The van der Waals surface area contributed by atoms with Gasteiger partial charge in [0.1, 0.15) is 16.5 Å². The lowest BCUT2D eigenvalue weighted by Gasteiger charge is -2.07. The number of ketones is 1. The SMILES string of the molecule is CC(=O)c1ccc(OS(=O)(=O)c2ccc(F)cc2)cc1. The Balaban J connectivity index is 2.24. The van der Waals surface area contributed by atoms with Crippen LogP contribution in [-0.2, 0) is 10.1 Å². The van der Waals surface area contributed by atoms with Crippen molar-refractivity contribution in [2.45, 2.75) is 11.8 Å². The minimum Gasteiger partial charge on any atom is -0.379 e. The molecule has 0 atom stereocenters. The van der Waals surface area contributed by atoms with E-state index in [0.29, 0.717) is 5.56 Å². The first-order valence-electron chi connectivity index (χ1n) is 5.69. The second-order valence-corrected chi connectivity index (χ2v) is 5.62. The Hall–Kier alpha value is -2.21. The maximum absolute atomic E-state index is 12.8. The lowest BCUT2D eigenvalue weighted by Crippen LogP contribution is -2.09. The number of benzene rings is 2. The van der Waals surface area contributed by atoms with Crippen molar-refractivity contribution in [3.63, 3.8) is 0 Å². The van der Waals surface area contributed by atoms with Gasteiger partial charge in [0.2, 0.25) is 0 Å². The van der Waals surface area contributed by atoms with E-state index in [9.17, 15) is 17.6 Å². The van der Waals surface area contributed by atoms with Crippen LogP contribution in [0.25, 0.3) is 0 Å². The summed E-state index contributed by atoms with van der Waals surface area (Å²) in [6, 6.07) is 10.0. The second-order valence-electron chi connectivity index (χ2n) is 4.07. The van der Waals surface area contributed by atoms with Crippen molar-refractivity contribution in [3.8, 4) is 5.75 Å². The number of halogens is 1. The molecule has 2 rings (SSSR count). The molecule has 0 saturated carbocycles. The smallest absolute Gasteiger partial charge is 0.339 e. The summed E-state index contributed by atoms with van der Waals surface area (Å²) >= 11 is 0. The normalized spacial score (nSPS) is 11.1. The van der Waals surface area contributed by atoms with Gasteiger partial charge in [-0.1, -0.05) is 0 Å². The highest BCUT2D eigenvalue weighted by atomic mass is 32.2. The van der Waals surface area contributed by atoms with Crippen LogP contribution in [0.5, 0.6) is 5.75 Å². The topological polar surface area (TPSA) is 60.4 Å². The van der Waals surface area contributed by atoms with E-state index in [-0.39, 0.29) is 16.4 Å². The fraction of sp³-hybridized carbons (Fsp3) is 0.0714. The molecule has 20 heavy (non-hydrogen) atoms. The van der Waals surface area contributed by atoms with E-state index >= 15 is 0 Å². The third-order valence-corrected chi connectivity index (χ3v) is 3.83. The average molecular weight is 294 g/mol. The molecule has 0 radical (unpaired) electrons. The Bertz CT molecular complexity index is 719. The van der Waals surface area contributed by atoms with Crippen LogP contribution in [0.1, 0.15) is 17.3 Å². The van der Waals surface area contributed by atoms with Crippen LogP contribution in [0, 0.1) is 5.82 Å². The van der Waals surface area contributed by atoms with Gasteiger partial charge in [0, 0.05) is 5.56 Å². The molecule has 0 amide bonds. The van der Waals surface area contributed by atoms with E-state index < -0.39 is 15.9 Å². The Morgan fingerprint density at radius 1 is 1.00 bits per heavy atom. The van der Waals surface area contributed by atoms with Crippen molar-refractivity contribution in [2.24, 2.45) is 0 Å². The molecule has 0 aliphatic carbocycles. The molecule has 0 bridgehead atoms. The van der Waals surface area contributed by atoms with Crippen LogP contribution in [0.2, 0.25) is 0 Å². The maximum Gasteiger partial charge on any atom is 0.339 e. The molecule has 2 aromatic carbocycles. The molecule has 4 nitrogen and oxygen atoms in total. The third-order valence-electron chi connectivity index (χ3n) is 2.57. The summed E-state index contributed by atoms with van der Waals surface area (Å²) in [7, 11) is -4.01. The van der Waals surface area contributed by atoms with E-state index in [1.165, 1.54) is 31.2 Å². The van der Waals surface area contributed by atoms with E-state index in [2.05, 4.69) is 0 Å². The molecule has 0 unspecified atom stereocenters. The Labute approximate surface area is 115 Å². The highest BCUT2D eigenvalue weighted by Gasteiger charge is 2.16. The first-order chi connectivity index (χ1) is 9.38. The van der Waals surface area contributed by atoms with Gasteiger partial charge in [-0.15, -0.1) is 0 Å². The molecule has 0 heterocycles. The summed E-state index contributed by atoms with van der Waals surface area (Å²) in [6.07, 6.45) is 0. The Morgan fingerprint density at radius 2 is 1.55 bits per heavy atom. The number of rotatable bonds is 4. The van der Waals surface area contributed by atoms with Crippen LogP contribution in [-0.4, -0.2) is 14.2 Å². The molecular weight excluding hydrogens is 283 g/mol. The molecule has 2 aromatic rings. The lowest BCUT2D eigenvalue weighted by atomic mass is 10.1.